The number of benzene rings is 2. The molecular formula is C21H17BrN2O4. The maximum Gasteiger partial charge on any atom is 0.262 e. The smallest absolute Gasteiger partial charge is 0.262 e. The lowest BCUT2D eigenvalue weighted by atomic mass is 9.96. The number of alkyl halides is 1. The molecule has 2 aromatic carbocycles. The van der Waals surface area contributed by atoms with E-state index in [2.05, 4.69) is 21.2 Å². The Bertz CT molecular complexity index is 1000. The average molecular weight is 441 g/mol. The Balaban J connectivity index is 1.65. The van der Waals surface area contributed by atoms with E-state index >= 15 is 0 Å². The van der Waals surface area contributed by atoms with E-state index in [1.807, 2.05) is 30.3 Å². The molecule has 0 aliphatic carbocycles. The van der Waals surface area contributed by atoms with Crippen molar-refractivity contribution in [1.29, 1.82) is 0 Å². The Morgan fingerprint density at radius 2 is 1.68 bits per heavy atom. The van der Waals surface area contributed by atoms with Crippen molar-refractivity contribution in [1.82, 2.24) is 10.2 Å². The Labute approximate surface area is 170 Å². The number of hydrogen-bond acceptors (Lipinski definition) is 4. The number of nitrogens with zero attached hydrogens (tertiary/aromatic N) is 1. The zero-order valence-electron chi connectivity index (χ0n) is 14.9. The van der Waals surface area contributed by atoms with Crippen LogP contribution in [0.4, 0.5) is 0 Å². The minimum absolute atomic E-state index is 0.108. The number of nitrogens with one attached hydrogen (secondary N) is 1. The second-order valence-corrected chi connectivity index (χ2v) is 7.47. The fourth-order valence-corrected chi connectivity index (χ4v) is 4.07. The van der Waals surface area contributed by atoms with E-state index in [0.29, 0.717) is 17.5 Å². The van der Waals surface area contributed by atoms with Crippen molar-refractivity contribution >= 4 is 39.6 Å². The number of imide groups is 2. The third-order valence-electron chi connectivity index (χ3n) is 5.13. The Morgan fingerprint density at radius 3 is 2.36 bits per heavy atom. The van der Waals surface area contributed by atoms with Crippen molar-refractivity contribution in [3.8, 4) is 0 Å². The minimum Gasteiger partial charge on any atom is -0.295 e. The number of piperidine rings is 1. The van der Waals surface area contributed by atoms with Gasteiger partial charge in [0.05, 0.1) is 11.1 Å². The van der Waals surface area contributed by atoms with Gasteiger partial charge in [0.25, 0.3) is 11.8 Å². The molecule has 2 heterocycles. The molecule has 1 fully saturated rings. The summed E-state index contributed by atoms with van der Waals surface area (Å²) in [4.78, 5) is 50.5. The van der Waals surface area contributed by atoms with E-state index in [0.717, 1.165) is 26.9 Å². The summed E-state index contributed by atoms with van der Waals surface area (Å²) in [7, 11) is 0. The third-order valence-corrected chi connectivity index (χ3v) is 5.77. The van der Waals surface area contributed by atoms with E-state index in [1.54, 1.807) is 12.1 Å². The molecule has 1 N–H and O–H groups in total. The Morgan fingerprint density at radius 1 is 0.964 bits per heavy atom. The van der Waals surface area contributed by atoms with Gasteiger partial charge in [-0.05, 0) is 35.6 Å². The molecule has 0 radical (unpaired) electrons. The zero-order valence-corrected chi connectivity index (χ0v) is 16.5. The van der Waals surface area contributed by atoms with Gasteiger partial charge < -0.3 is 0 Å². The highest BCUT2D eigenvalue weighted by Gasteiger charge is 2.45. The fraction of sp³-hybridized carbons (Fsp3) is 0.238. The van der Waals surface area contributed by atoms with Crippen molar-refractivity contribution in [3.63, 3.8) is 0 Å². The summed E-state index contributed by atoms with van der Waals surface area (Å²) in [5.74, 6) is -1.93. The molecule has 1 saturated heterocycles. The molecule has 2 aromatic rings. The molecule has 28 heavy (non-hydrogen) atoms. The molecule has 2 aliphatic heterocycles. The van der Waals surface area contributed by atoms with Crippen LogP contribution in [0.25, 0.3) is 0 Å². The van der Waals surface area contributed by atoms with Gasteiger partial charge in [-0.15, -0.1) is 0 Å². The maximum absolute atomic E-state index is 13.1. The first-order valence-corrected chi connectivity index (χ1v) is 10.1. The van der Waals surface area contributed by atoms with E-state index in [-0.39, 0.29) is 18.7 Å². The first-order chi connectivity index (χ1) is 13.5. The summed E-state index contributed by atoms with van der Waals surface area (Å²) < 4.78 is 0. The van der Waals surface area contributed by atoms with Crippen molar-refractivity contribution < 1.29 is 19.2 Å². The van der Waals surface area contributed by atoms with Crippen LogP contribution in [0.5, 0.6) is 0 Å². The summed E-state index contributed by atoms with van der Waals surface area (Å²) >= 11 is 3.42. The summed E-state index contributed by atoms with van der Waals surface area (Å²) in [6, 6.07) is 12.3. The van der Waals surface area contributed by atoms with Gasteiger partial charge in [-0.3, -0.25) is 29.4 Å². The molecule has 4 rings (SSSR count). The van der Waals surface area contributed by atoms with Crippen molar-refractivity contribution in [2.75, 3.05) is 0 Å². The topological polar surface area (TPSA) is 83.6 Å². The van der Waals surface area contributed by atoms with Gasteiger partial charge in [0.1, 0.15) is 6.04 Å². The molecule has 1 atom stereocenters. The predicted octanol–water partition coefficient (Wildman–Crippen LogP) is 2.57. The number of halogens is 1. The van der Waals surface area contributed by atoms with Gasteiger partial charge in [0, 0.05) is 11.8 Å². The monoisotopic (exact) mass is 440 g/mol. The number of rotatable bonds is 4. The molecule has 0 spiro atoms. The van der Waals surface area contributed by atoms with Gasteiger partial charge in [-0.2, -0.15) is 0 Å². The van der Waals surface area contributed by atoms with E-state index in [1.165, 1.54) is 0 Å². The molecule has 142 valence electrons. The maximum atomic E-state index is 13.1. The second-order valence-electron chi connectivity index (χ2n) is 6.91. The van der Waals surface area contributed by atoms with Crippen LogP contribution in [0.1, 0.15) is 50.2 Å². The summed E-state index contributed by atoms with van der Waals surface area (Å²) in [6.45, 7) is 0. The van der Waals surface area contributed by atoms with Gasteiger partial charge in [-0.1, -0.05) is 52.3 Å². The standard InChI is InChI=1S/C21H17BrN2O4/c22-11-13-6-4-12(5-7-13)10-14-2-1-3-15-18(14)21(28)24(20(15)27)16-8-9-17(25)23-19(16)26/h1-7,16H,8-11H2,(H,23,25,26). The van der Waals surface area contributed by atoms with Crippen molar-refractivity contribution in [2.24, 2.45) is 0 Å². The van der Waals surface area contributed by atoms with Gasteiger partial charge >= 0.3 is 0 Å². The lowest BCUT2D eigenvalue weighted by molar-refractivity contribution is -0.136. The summed E-state index contributed by atoms with van der Waals surface area (Å²) in [5.41, 5.74) is 3.58. The Kier molecular flexibility index (Phi) is 4.85. The molecule has 4 amide bonds. The van der Waals surface area contributed by atoms with Crippen LogP contribution in [0, 0.1) is 0 Å². The van der Waals surface area contributed by atoms with Crippen molar-refractivity contribution in [2.45, 2.75) is 30.6 Å². The van der Waals surface area contributed by atoms with Gasteiger partial charge in [0.15, 0.2) is 0 Å². The van der Waals surface area contributed by atoms with Crippen LogP contribution < -0.4 is 5.32 Å². The predicted molar refractivity (Wildman–Crippen MR) is 105 cm³/mol. The quantitative estimate of drug-likeness (QED) is 0.584. The van der Waals surface area contributed by atoms with Crippen LogP contribution >= 0.6 is 15.9 Å². The lowest BCUT2D eigenvalue weighted by Gasteiger charge is -2.27. The summed E-state index contributed by atoms with van der Waals surface area (Å²) in [5, 5.41) is 2.98. The molecule has 0 aromatic heterocycles. The molecule has 0 saturated carbocycles. The molecule has 1 unspecified atom stereocenters. The molecule has 6 nitrogen and oxygen atoms in total. The highest BCUT2D eigenvalue weighted by molar-refractivity contribution is 9.08. The number of carbonyl (C=O) groups is 4. The molecule has 2 aliphatic rings. The number of carbonyl (C=O) groups excluding carboxylic acids is 4. The second kappa shape index (κ2) is 7.31. The third kappa shape index (κ3) is 3.16. The molecule has 7 heteroatoms. The number of amides is 4. The highest BCUT2D eigenvalue weighted by atomic mass is 79.9. The van der Waals surface area contributed by atoms with Crippen molar-refractivity contribution in [3.05, 3.63) is 70.3 Å². The minimum atomic E-state index is -0.948. The lowest BCUT2D eigenvalue weighted by Crippen LogP contribution is -2.54. The number of fused-ring (bicyclic) bond motifs is 1. The van der Waals surface area contributed by atoms with E-state index in [4.69, 9.17) is 0 Å². The highest BCUT2D eigenvalue weighted by Crippen LogP contribution is 2.31. The van der Waals surface area contributed by atoms with Gasteiger partial charge in [-0.25, -0.2) is 0 Å². The van der Waals surface area contributed by atoms with E-state index < -0.39 is 23.8 Å². The normalized spacial score (nSPS) is 19.0. The zero-order chi connectivity index (χ0) is 19.8. The van der Waals surface area contributed by atoms with Crippen LogP contribution in [-0.2, 0) is 21.3 Å². The first kappa shape index (κ1) is 18.6. The fourth-order valence-electron chi connectivity index (χ4n) is 3.70. The van der Waals surface area contributed by atoms with E-state index in [9.17, 15) is 19.2 Å². The van der Waals surface area contributed by atoms with Crippen LogP contribution in [0.15, 0.2) is 42.5 Å². The molecule has 0 bridgehead atoms. The van der Waals surface area contributed by atoms with Crippen LogP contribution in [0.3, 0.4) is 0 Å². The average Bonchev–Trinajstić information content (AvgIpc) is 2.94. The van der Waals surface area contributed by atoms with Crippen LogP contribution in [0.2, 0.25) is 0 Å². The Hall–Kier alpha value is -2.80. The van der Waals surface area contributed by atoms with Gasteiger partial charge in [0.2, 0.25) is 11.8 Å². The summed E-state index contributed by atoms with van der Waals surface area (Å²) in [6.07, 6.45) is 0.768. The van der Waals surface area contributed by atoms with Crippen LogP contribution in [-0.4, -0.2) is 34.6 Å². The largest absolute Gasteiger partial charge is 0.295 e. The molecular weight excluding hydrogens is 424 g/mol. The first-order valence-electron chi connectivity index (χ1n) is 8.97. The SMILES string of the molecule is O=C1CCC(N2C(=O)c3cccc(Cc4ccc(CBr)cc4)c3C2=O)C(=O)N1. The number of hydrogen-bond donors (Lipinski definition) is 1.